The van der Waals surface area contributed by atoms with Crippen LogP contribution in [0.2, 0.25) is 0 Å². The summed E-state index contributed by atoms with van der Waals surface area (Å²) in [5, 5.41) is 3.12. The number of nitrogens with two attached hydrogens (primary N) is 1. The zero-order valence-corrected chi connectivity index (χ0v) is 9.92. The predicted molar refractivity (Wildman–Crippen MR) is 62.0 cm³/mol. The van der Waals surface area contributed by atoms with Gasteiger partial charge < -0.3 is 15.8 Å². The largest absolute Gasteiger partial charge is 0.379 e. The maximum Gasteiger partial charge on any atom is 0.188 e. The molecule has 0 spiro atoms. The summed E-state index contributed by atoms with van der Waals surface area (Å²) in [6.45, 7) is 8.82. The van der Waals surface area contributed by atoms with E-state index in [0.29, 0.717) is 5.96 Å². The Morgan fingerprint density at radius 2 is 2.07 bits per heavy atom. The van der Waals surface area contributed by atoms with Gasteiger partial charge >= 0.3 is 0 Å². The highest BCUT2D eigenvalue weighted by atomic mass is 16.5. The fourth-order valence-corrected chi connectivity index (χ4v) is 1.67. The lowest BCUT2D eigenvalue weighted by Gasteiger charge is -2.40. The molecular weight excluding hydrogens is 192 g/mol. The van der Waals surface area contributed by atoms with Crippen molar-refractivity contribution < 1.29 is 4.74 Å². The van der Waals surface area contributed by atoms with Crippen LogP contribution in [0.3, 0.4) is 0 Å². The number of ether oxygens (including phenoxy) is 1. The summed E-state index contributed by atoms with van der Waals surface area (Å²) >= 11 is 0. The Morgan fingerprint density at radius 3 is 2.60 bits per heavy atom. The van der Waals surface area contributed by atoms with Crippen molar-refractivity contribution in [3.63, 3.8) is 0 Å². The number of aliphatic imine (C=N–C) groups is 1. The smallest absolute Gasteiger partial charge is 0.188 e. The van der Waals surface area contributed by atoms with Gasteiger partial charge in [0.15, 0.2) is 5.96 Å². The molecule has 0 aromatic carbocycles. The first-order chi connectivity index (χ1) is 7.06. The van der Waals surface area contributed by atoms with E-state index in [9.17, 15) is 0 Å². The zero-order chi connectivity index (χ0) is 11.3. The minimum atomic E-state index is 0.0824. The van der Waals surface area contributed by atoms with E-state index in [4.69, 9.17) is 10.5 Å². The Kier molecular flexibility index (Phi) is 4.35. The fourth-order valence-electron chi connectivity index (χ4n) is 1.67. The van der Waals surface area contributed by atoms with Gasteiger partial charge in [-0.05, 0) is 13.8 Å². The highest BCUT2D eigenvalue weighted by Crippen LogP contribution is 2.14. The van der Waals surface area contributed by atoms with Crippen LogP contribution in [0.25, 0.3) is 0 Å². The van der Waals surface area contributed by atoms with Gasteiger partial charge in [-0.25, -0.2) is 0 Å². The second kappa shape index (κ2) is 5.32. The monoisotopic (exact) mass is 214 g/mol. The molecule has 0 aliphatic carbocycles. The zero-order valence-electron chi connectivity index (χ0n) is 9.92. The van der Waals surface area contributed by atoms with Crippen LogP contribution in [0, 0.1) is 0 Å². The minimum absolute atomic E-state index is 0.0824. The molecule has 0 saturated carbocycles. The number of rotatable bonds is 3. The lowest BCUT2D eigenvalue weighted by atomic mass is 10.0. The predicted octanol–water partition coefficient (Wildman–Crippen LogP) is -0.369. The molecule has 0 amide bonds. The molecule has 0 aromatic heterocycles. The van der Waals surface area contributed by atoms with Gasteiger partial charge in [0.25, 0.3) is 0 Å². The van der Waals surface area contributed by atoms with Crippen molar-refractivity contribution in [1.29, 1.82) is 0 Å². The third kappa shape index (κ3) is 3.68. The van der Waals surface area contributed by atoms with Crippen molar-refractivity contribution in [3.05, 3.63) is 0 Å². The number of nitrogens with one attached hydrogen (secondary N) is 1. The first-order valence-electron chi connectivity index (χ1n) is 5.35. The van der Waals surface area contributed by atoms with Crippen LogP contribution in [0.5, 0.6) is 0 Å². The molecule has 0 atom stereocenters. The van der Waals surface area contributed by atoms with Crippen LogP contribution >= 0.6 is 0 Å². The molecular formula is C10H22N4O. The van der Waals surface area contributed by atoms with Gasteiger partial charge in [-0.1, -0.05) is 0 Å². The summed E-state index contributed by atoms with van der Waals surface area (Å²) in [6, 6.07) is 0. The molecule has 1 rings (SSSR count). The van der Waals surface area contributed by atoms with Crippen molar-refractivity contribution in [3.8, 4) is 0 Å². The Hall–Kier alpha value is -0.810. The number of hydrogen-bond donors (Lipinski definition) is 2. The first-order valence-corrected chi connectivity index (χ1v) is 5.35. The van der Waals surface area contributed by atoms with Gasteiger partial charge in [-0.3, -0.25) is 9.89 Å². The molecule has 1 heterocycles. The topological polar surface area (TPSA) is 62.9 Å². The van der Waals surface area contributed by atoms with E-state index in [1.807, 2.05) is 0 Å². The molecule has 0 unspecified atom stereocenters. The van der Waals surface area contributed by atoms with Crippen LogP contribution in [-0.4, -0.2) is 56.3 Å². The van der Waals surface area contributed by atoms with Crippen molar-refractivity contribution >= 4 is 5.96 Å². The van der Waals surface area contributed by atoms with Crippen LogP contribution in [0.15, 0.2) is 4.99 Å². The summed E-state index contributed by atoms with van der Waals surface area (Å²) in [6.07, 6.45) is 0. The molecule has 1 fully saturated rings. The van der Waals surface area contributed by atoms with E-state index >= 15 is 0 Å². The number of nitrogens with zero attached hydrogens (tertiary/aromatic N) is 2. The van der Waals surface area contributed by atoms with Crippen LogP contribution in [-0.2, 0) is 4.74 Å². The van der Waals surface area contributed by atoms with Crippen molar-refractivity contribution in [1.82, 2.24) is 10.2 Å². The lowest BCUT2D eigenvalue weighted by Crippen LogP contribution is -2.56. The number of hydrogen-bond acceptors (Lipinski definition) is 3. The molecule has 3 N–H and O–H groups in total. The van der Waals surface area contributed by atoms with Crippen LogP contribution in [0.4, 0.5) is 0 Å². The van der Waals surface area contributed by atoms with E-state index in [0.717, 1.165) is 32.8 Å². The third-order valence-corrected chi connectivity index (χ3v) is 2.81. The van der Waals surface area contributed by atoms with Crippen molar-refractivity contribution in [2.45, 2.75) is 19.4 Å². The molecule has 0 radical (unpaired) electrons. The van der Waals surface area contributed by atoms with Gasteiger partial charge in [0.2, 0.25) is 0 Å². The molecule has 0 bridgehead atoms. The Bertz CT molecular complexity index is 221. The second-order valence-electron chi connectivity index (χ2n) is 4.37. The molecule has 1 aliphatic heterocycles. The molecule has 15 heavy (non-hydrogen) atoms. The van der Waals surface area contributed by atoms with Gasteiger partial charge in [0, 0.05) is 32.2 Å². The minimum Gasteiger partial charge on any atom is -0.379 e. The highest BCUT2D eigenvalue weighted by molar-refractivity contribution is 5.77. The van der Waals surface area contributed by atoms with E-state index in [1.54, 1.807) is 7.05 Å². The van der Waals surface area contributed by atoms with Crippen LogP contribution in [0.1, 0.15) is 13.8 Å². The van der Waals surface area contributed by atoms with Gasteiger partial charge in [-0.2, -0.15) is 0 Å². The third-order valence-electron chi connectivity index (χ3n) is 2.81. The van der Waals surface area contributed by atoms with E-state index in [-0.39, 0.29) is 5.54 Å². The number of guanidine groups is 1. The maximum absolute atomic E-state index is 5.61. The quantitative estimate of drug-likeness (QED) is 0.497. The van der Waals surface area contributed by atoms with Gasteiger partial charge in [-0.15, -0.1) is 0 Å². The highest BCUT2D eigenvalue weighted by Gasteiger charge is 2.27. The lowest BCUT2D eigenvalue weighted by molar-refractivity contribution is -0.00830. The average Bonchev–Trinajstić information content (AvgIpc) is 2.27. The van der Waals surface area contributed by atoms with Crippen molar-refractivity contribution in [2.24, 2.45) is 10.7 Å². The summed E-state index contributed by atoms with van der Waals surface area (Å²) < 4.78 is 5.33. The Labute approximate surface area is 91.7 Å². The van der Waals surface area contributed by atoms with Gasteiger partial charge in [0.05, 0.1) is 13.2 Å². The Morgan fingerprint density at radius 1 is 1.47 bits per heavy atom. The van der Waals surface area contributed by atoms with E-state index in [1.165, 1.54) is 0 Å². The SMILES string of the molecule is CN=C(N)NCC(C)(C)N1CCOCC1. The summed E-state index contributed by atoms with van der Waals surface area (Å²) in [5.74, 6) is 0.497. The average molecular weight is 214 g/mol. The van der Waals surface area contributed by atoms with E-state index in [2.05, 4.69) is 29.1 Å². The molecule has 5 heteroatoms. The molecule has 5 nitrogen and oxygen atoms in total. The normalized spacial score (nSPS) is 20.3. The standard InChI is InChI=1S/C10H22N4O/c1-10(2,8-13-9(11)12-3)14-4-6-15-7-5-14/h4-8H2,1-3H3,(H3,11,12,13). The second-order valence-corrected chi connectivity index (χ2v) is 4.37. The molecule has 1 aliphatic rings. The Balaban J connectivity index is 2.42. The van der Waals surface area contributed by atoms with Gasteiger partial charge in [0.1, 0.15) is 0 Å². The van der Waals surface area contributed by atoms with E-state index < -0.39 is 0 Å². The first kappa shape index (κ1) is 12.3. The maximum atomic E-state index is 5.61. The number of morpholine rings is 1. The summed E-state index contributed by atoms with van der Waals surface area (Å²) in [4.78, 5) is 6.29. The molecule has 0 aromatic rings. The van der Waals surface area contributed by atoms with Crippen LogP contribution < -0.4 is 11.1 Å². The molecule has 1 saturated heterocycles. The summed E-state index contributed by atoms with van der Waals surface area (Å²) in [5.41, 5.74) is 5.69. The summed E-state index contributed by atoms with van der Waals surface area (Å²) in [7, 11) is 1.68. The van der Waals surface area contributed by atoms with Crippen molar-refractivity contribution in [2.75, 3.05) is 39.9 Å². The fraction of sp³-hybridized carbons (Fsp3) is 0.900. The molecule has 88 valence electrons.